The Bertz CT molecular complexity index is 616. The molecule has 0 spiro atoms. The Kier molecular flexibility index (Phi) is 4.02. The van der Waals surface area contributed by atoms with Crippen molar-refractivity contribution in [2.45, 2.75) is 6.54 Å². The molecule has 3 N–H and O–H groups in total. The lowest BCUT2D eigenvalue weighted by Crippen LogP contribution is -2.23. The minimum Gasteiger partial charge on any atom is -0.398 e. The average Bonchev–Trinajstić information content (AvgIpc) is 2.40. The van der Waals surface area contributed by atoms with Crippen molar-refractivity contribution in [3.05, 3.63) is 64.4 Å². The number of anilines is 1. The number of benzene rings is 2. The molecule has 2 aromatic rings. The number of halogens is 2. The highest BCUT2D eigenvalue weighted by atomic mass is 35.5. The number of carbonyl (C=O) groups is 1. The second kappa shape index (κ2) is 5.71. The summed E-state index contributed by atoms with van der Waals surface area (Å²) in [5.74, 6) is -0.748. The van der Waals surface area contributed by atoms with Gasteiger partial charge in [0, 0.05) is 12.1 Å². The highest BCUT2D eigenvalue weighted by Gasteiger charge is 2.12. The van der Waals surface area contributed by atoms with E-state index in [0.717, 1.165) is 0 Å². The zero-order chi connectivity index (χ0) is 13.8. The first-order valence-electron chi connectivity index (χ1n) is 5.65. The lowest BCUT2D eigenvalue weighted by molar-refractivity contribution is 0.0951. The number of amides is 1. The molecule has 0 saturated carbocycles. The van der Waals surface area contributed by atoms with Crippen LogP contribution in [0.5, 0.6) is 0 Å². The normalized spacial score (nSPS) is 10.2. The summed E-state index contributed by atoms with van der Waals surface area (Å²) in [6, 6.07) is 11.1. The summed E-state index contributed by atoms with van der Waals surface area (Å²) >= 11 is 5.94. The van der Waals surface area contributed by atoms with Gasteiger partial charge in [-0.15, -0.1) is 0 Å². The van der Waals surface area contributed by atoms with Gasteiger partial charge in [-0.1, -0.05) is 35.9 Å². The maximum atomic E-state index is 13.4. The van der Waals surface area contributed by atoms with E-state index in [1.165, 1.54) is 6.07 Å². The summed E-state index contributed by atoms with van der Waals surface area (Å²) in [5, 5.41) is 2.81. The van der Waals surface area contributed by atoms with Gasteiger partial charge in [-0.05, 0) is 18.2 Å². The fourth-order valence-corrected chi connectivity index (χ4v) is 1.85. The van der Waals surface area contributed by atoms with Crippen molar-refractivity contribution in [1.29, 1.82) is 0 Å². The van der Waals surface area contributed by atoms with Gasteiger partial charge in [0.25, 0.3) is 5.91 Å². The van der Waals surface area contributed by atoms with Crippen molar-refractivity contribution in [1.82, 2.24) is 5.32 Å². The molecular weight excluding hydrogens is 267 g/mol. The van der Waals surface area contributed by atoms with Gasteiger partial charge in [0.1, 0.15) is 5.82 Å². The molecule has 0 saturated heterocycles. The topological polar surface area (TPSA) is 55.1 Å². The Morgan fingerprint density at radius 3 is 2.68 bits per heavy atom. The van der Waals surface area contributed by atoms with E-state index in [0.29, 0.717) is 11.3 Å². The molecule has 1 amide bonds. The molecule has 0 aliphatic carbocycles. The van der Waals surface area contributed by atoms with Crippen LogP contribution in [0.3, 0.4) is 0 Å². The van der Waals surface area contributed by atoms with E-state index in [2.05, 4.69) is 5.32 Å². The van der Waals surface area contributed by atoms with Gasteiger partial charge in [0.05, 0.1) is 16.3 Å². The number of hydrogen-bond donors (Lipinski definition) is 2. The molecule has 0 fully saturated rings. The van der Waals surface area contributed by atoms with Crippen LogP contribution in [0.2, 0.25) is 5.02 Å². The van der Waals surface area contributed by atoms with Crippen LogP contribution in [0, 0.1) is 5.82 Å². The van der Waals surface area contributed by atoms with Gasteiger partial charge in [0.15, 0.2) is 0 Å². The van der Waals surface area contributed by atoms with Crippen molar-refractivity contribution in [3.8, 4) is 0 Å². The average molecular weight is 279 g/mol. The van der Waals surface area contributed by atoms with Crippen LogP contribution in [0.25, 0.3) is 0 Å². The fraction of sp³-hybridized carbons (Fsp3) is 0.0714. The third kappa shape index (κ3) is 3.03. The minimum absolute atomic E-state index is 0.0939. The van der Waals surface area contributed by atoms with E-state index in [9.17, 15) is 9.18 Å². The van der Waals surface area contributed by atoms with E-state index < -0.39 is 0 Å². The molecule has 98 valence electrons. The van der Waals surface area contributed by atoms with Crippen LogP contribution in [-0.2, 0) is 6.54 Å². The fourth-order valence-electron chi connectivity index (χ4n) is 1.64. The van der Waals surface area contributed by atoms with Crippen molar-refractivity contribution in [2.75, 3.05) is 5.73 Å². The molecule has 0 bridgehead atoms. The third-order valence-corrected chi connectivity index (χ3v) is 3.09. The molecule has 2 aromatic carbocycles. The van der Waals surface area contributed by atoms with E-state index >= 15 is 0 Å². The predicted octanol–water partition coefficient (Wildman–Crippen LogP) is 2.99. The molecule has 3 nitrogen and oxygen atoms in total. The summed E-state index contributed by atoms with van der Waals surface area (Å²) in [4.78, 5) is 11.9. The molecule has 0 aliphatic rings. The smallest absolute Gasteiger partial charge is 0.253 e. The first-order valence-corrected chi connectivity index (χ1v) is 6.03. The molecule has 5 heteroatoms. The first-order chi connectivity index (χ1) is 9.09. The number of rotatable bonds is 3. The monoisotopic (exact) mass is 278 g/mol. The van der Waals surface area contributed by atoms with Gasteiger partial charge in [-0.2, -0.15) is 0 Å². The number of carbonyl (C=O) groups excluding carboxylic acids is 1. The summed E-state index contributed by atoms with van der Waals surface area (Å²) in [6.07, 6.45) is 0. The molecule has 0 unspecified atom stereocenters. The lowest BCUT2D eigenvalue weighted by atomic mass is 10.1. The van der Waals surface area contributed by atoms with Crippen molar-refractivity contribution in [3.63, 3.8) is 0 Å². The molecule has 2 rings (SSSR count). The third-order valence-electron chi connectivity index (χ3n) is 2.67. The number of nitrogen functional groups attached to an aromatic ring is 1. The Morgan fingerprint density at radius 2 is 1.95 bits per heavy atom. The Labute approximate surface area is 115 Å². The Hall–Kier alpha value is -2.07. The molecule has 19 heavy (non-hydrogen) atoms. The molecular formula is C14H12ClFN2O. The second-order valence-corrected chi connectivity index (χ2v) is 4.36. The molecule has 0 aromatic heterocycles. The number of nitrogens with two attached hydrogens (primary N) is 1. The quantitative estimate of drug-likeness (QED) is 0.848. The summed E-state index contributed by atoms with van der Waals surface area (Å²) in [6.45, 7) is 0.0939. The van der Waals surface area contributed by atoms with Gasteiger partial charge in [0.2, 0.25) is 0 Å². The standard InChI is InChI=1S/C14H12ClFN2O/c15-13-10(5-3-7-12(13)17)14(19)18-8-9-4-1-2-6-11(9)16/h1-7H,8,17H2,(H,18,19). The predicted molar refractivity (Wildman–Crippen MR) is 73.4 cm³/mol. The zero-order valence-electron chi connectivity index (χ0n) is 9.99. The summed E-state index contributed by atoms with van der Waals surface area (Å²) < 4.78 is 13.4. The van der Waals surface area contributed by atoms with Crippen LogP contribution < -0.4 is 11.1 Å². The number of hydrogen-bond acceptors (Lipinski definition) is 2. The second-order valence-electron chi connectivity index (χ2n) is 3.98. The highest BCUT2D eigenvalue weighted by molar-refractivity contribution is 6.36. The molecule has 0 heterocycles. The van der Waals surface area contributed by atoms with Crippen molar-refractivity contribution >= 4 is 23.2 Å². The lowest BCUT2D eigenvalue weighted by Gasteiger charge is -2.08. The SMILES string of the molecule is Nc1cccc(C(=O)NCc2ccccc2F)c1Cl. The van der Waals surface area contributed by atoms with Crippen LogP contribution in [0.4, 0.5) is 10.1 Å². The maximum absolute atomic E-state index is 13.4. The number of nitrogens with one attached hydrogen (secondary N) is 1. The van der Waals surface area contributed by atoms with Crippen molar-refractivity contribution < 1.29 is 9.18 Å². The van der Waals surface area contributed by atoms with E-state index in [1.807, 2.05) is 0 Å². The molecule has 0 aliphatic heterocycles. The van der Waals surface area contributed by atoms with Crippen LogP contribution >= 0.6 is 11.6 Å². The van der Waals surface area contributed by atoms with E-state index in [1.54, 1.807) is 36.4 Å². The molecule has 0 radical (unpaired) electrons. The highest BCUT2D eigenvalue weighted by Crippen LogP contribution is 2.22. The van der Waals surface area contributed by atoms with Gasteiger partial charge >= 0.3 is 0 Å². The Morgan fingerprint density at radius 1 is 1.21 bits per heavy atom. The largest absolute Gasteiger partial charge is 0.398 e. The van der Waals surface area contributed by atoms with E-state index in [4.69, 9.17) is 17.3 Å². The van der Waals surface area contributed by atoms with Crippen LogP contribution in [0.15, 0.2) is 42.5 Å². The molecule has 0 atom stereocenters. The van der Waals surface area contributed by atoms with E-state index in [-0.39, 0.29) is 28.9 Å². The minimum atomic E-state index is -0.388. The van der Waals surface area contributed by atoms with Crippen LogP contribution in [0.1, 0.15) is 15.9 Å². The maximum Gasteiger partial charge on any atom is 0.253 e. The van der Waals surface area contributed by atoms with Gasteiger partial charge in [-0.3, -0.25) is 4.79 Å². The van der Waals surface area contributed by atoms with Crippen molar-refractivity contribution in [2.24, 2.45) is 0 Å². The van der Waals surface area contributed by atoms with Crippen LogP contribution in [-0.4, -0.2) is 5.91 Å². The van der Waals surface area contributed by atoms with Gasteiger partial charge in [-0.25, -0.2) is 4.39 Å². The summed E-state index contributed by atoms with van der Waals surface area (Å²) in [5.41, 5.74) is 6.64. The summed E-state index contributed by atoms with van der Waals surface area (Å²) in [7, 11) is 0. The van der Waals surface area contributed by atoms with Gasteiger partial charge < -0.3 is 11.1 Å². The first kappa shape index (κ1) is 13.4. The Balaban J connectivity index is 2.10. The zero-order valence-corrected chi connectivity index (χ0v) is 10.7.